The summed E-state index contributed by atoms with van der Waals surface area (Å²) in [7, 11) is 1.66. The zero-order valence-corrected chi connectivity index (χ0v) is 19.8. The molecular formula is C26H35F2N3O2. The van der Waals surface area contributed by atoms with Crippen molar-refractivity contribution in [2.75, 3.05) is 7.11 Å². The first kappa shape index (κ1) is 23.8. The molecule has 2 aromatic rings. The highest BCUT2D eigenvalue weighted by Gasteiger charge is 2.35. The van der Waals surface area contributed by atoms with E-state index >= 15 is 0 Å². The summed E-state index contributed by atoms with van der Waals surface area (Å²) in [6.07, 6.45) is 7.32. The maximum atomic E-state index is 13.4. The molecule has 0 saturated heterocycles. The Morgan fingerprint density at radius 3 is 2.39 bits per heavy atom. The number of nitrogens with zero attached hydrogens (tertiary/aromatic N) is 3. The van der Waals surface area contributed by atoms with Crippen LogP contribution in [0.15, 0.2) is 18.2 Å². The third-order valence-corrected chi connectivity index (χ3v) is 7.11. The van der Waals surface area contributed by atoms with Gasteiger partial charge in [-0.3, -0.25) is 4.79 Å². The molecule has 0 spiro atoms. The van der Waals surface area contributed by atoms with E-state index in [4.69, 9.17) is 4.74 Å². The first-order chi connectivity index (χ1) is 15.8. The number of hydrogen-bond donors (Lipinski definition) is 0. The molecule has 2 fully saturated rings. The molecule has 0 radical (unpaired) electrons. The minimum absolute atomic E-state index is 0.00874. The van der Waals surface area contributed by atoms with Gasteiger partial charge in [-0.1, -0.05) is 12.1 Å². The van der Waals surface area contributed by atoms with Crippen LogP contribution in [0.2, 0.25) is 0 Å². The lowest BCUT2D eigenvalue weighted by Gasteiger charge is -2.28. The molecule has 1 aromatic carbocycles. The van der Waals surface area contributed by atoms with E-state index in [-0.39, 0.29) is 18.6 Å². The van der Waals surface area contributed by atoms with Gasteiger partial charge in [-0.2, -0.15) is 0 Å². The molecule has 4 rings (SSSR count). The Hall–Kier alpha value is -2.31. The van der Waals surface area contributed by atoms with Gasteiger partial charge in [0, 0.05) is 44.6 Å². The van der Waals surface area contributed by atoms with Crippen LogP contribution in [0.25, 0.3) is 0 Å². The topological polar surface area (TPSA) is 57.0 Å². The monoisotopic (exact) mass is 459 g/mol. The SMILES string of the molecule is COc1cc(C)ccc1CCC(=O)CCc1nnc(CCC2CCC(F)(F)CC2)n1C1CC1. The van der Waals surface area contributed by atoms with Crippen molar-refractivity contribution >= 4 is 5.78 Å². The Labute approximate surface area is 194 Å². The minimum atomic E-state index is -2.48. The lowest BCUT2D eigenvalue weighted by molar-refractivity contribution is -0.119. The van der Waals surface area contributed by atoms with E-state index in [9.17, 15) is 13.6 Å². The molecule has 180 valence electrons. The van der Waals surface area contributed by atoms with E-state index < -0.39 is 5.92 Å². The average molecular weight is 460 g/mol. The summed E-state index contributed by atoms with van der Waals surface area (Å²) in [6.45, 7) is 2.02. The Morgan fingerprint density at radius 1 is 1.06 bits per heavy atom. The summed E-state index contributed by atoms with van der Waals surface area (Å²) in [5, 5.41) is 8.84. The number of rotatable bonds is 11. The van der Waals surface area contributed by atoms with Crippen molar-refractivity contribution in [1.29, 1.82) is 0 Å². The fraction of sp³-hybridized carbons (Fsp3) is 0.654. The van der Waals surface area contributed by atoms with E-state index in [1.165, 1.54) is 0 Å². The number of alkyl halides is 2. The van der Waals surface area contributed by atoms with Gasteiger partial charge in [0.05, 0.1) is 7.11 Å². The van der Waals surface area contributed by atoms with Crippen molar-refractivity contribution < 1.29 is 18.3 Å². The van der Waals surface area contributed by atoms with Crippen LogP contribution in [0.4, 0.5) is 8.78 Å². The largest absolute Gasteiger partial charge is 0.496 e. The van der Waals surface area contributed by atoms with E-state index in [2.05, 4.69) is 14.8 Å². The third kappa shape index (κ3) is 6.39. The van der Waals surface area contributed by atoms with E-state index in [1.54, 1.807) is 7.11 Å². The van der Waals surface area contributed by atoms with Gasteiger partial charge in [0.2, 0.25) is 5.92 Å². The highest BCUT2D eigenvalue weighted by atomic mass is 19.3. The molecule has 1 aromatic heterocycles. The van der Waals surface area contributed by atoms with Gasteiger partial charge in [0.15, 0.2) is 0 Å². The van der Waals surface area contributed by atoms with Crippen LogP contribution in [-0.2, 0) is 24.1 Å². The van der Waals surface area contributed by atoms with E-state index in [1.807, 2.05) is 25.1 Å². The van der Waals surface area contributed by atoms with Crippen molar-refractivity contribution in [3.8, 4) is 5.75 Å². The van der Waals surface area contributed by atoms with Crippen molar-refractivity contribution in [2.24, 2.45) is 5.92 Å². The van der Waals surface area contributed by atoms with E-state index in [0.717, 1.165) is 54.2 Å². The van der Waals surface area contributed by atoms with Gasteiger partial charge < -0.3 is 9.30 Å². The number of carbonyl (C=O) groups is 1. The molecule has 2 aliphatic rings. The van der Waals surface area contributed by atoms with Crippen LogP contribution in [0.5, 0.6) is 5.75 Å². The number of Topliss-reactive ketones (excluding diaryl/α,β-unsaturated/α-hetero) is 1. The van der Waals surface area contributed by atoms with Gasteiger partial charge in [-0.25, -0.2) is 8.78 Å². The number of hydrogen-bond acceptors (Lipinski definition) is 4. The van der Waals surface area contributed by atoms with Crippen molar-refractivity contribution in [3.05, 3.63) is 41.0 Å². The average Bonchev–Trinajstić information content (AvgIpc) is 3.55. The number of aryl methyl sites for hydroxylation is 4. The van der Waals surface area contributed by atoms with Gasteiger partial charge in [-0.15, -0.1) is 10.2 Å². The number of halogens is 2. The highest BCUT2D eigenvalue weighted by Crippen LogP contribution is 2.39. The first-order valence-corrected chi connectivity index (χ1v) is 12.3. The number of ketones is 1. The Bertz CT molecular complexity index is 958. The lowest BCUT2D eigenvalue weighted by Crippen LogP contribution is -2.25. The third-order valence-electron chi connectivity index (χ3n) is 7.11. The minimum Gasteiger partial charge on any atom is -0.496 e. The van der Waals surface area contributed by atoms with Crippen LogP contribution in [0.1, 0.15) is 86.6 Å². The second kappa shape index (κ2) is 10.3. The maximum absolute atomic E-state index is 13.4. The molecular weight excluding hydrogens is 424 g/mol. The number of benzene rings is 1. The molecule has 7 heteroatoms. The number of ether oxygens (including phenoxy) is 1. The second-order valence-electron chi connectivity index (χ2n) is 9.83. The zero-order valence-electron chi connectivity index (χ0n) is 19.8. The lowest BCUT2D eigenvalue weighted by atomic mass is 9.84. The fourth-order valence-corrected chi connectivity index (χ4v) is 4.89. The molecule has 1 heterocycles. The molecule has 0 N–H and O–H groups in total. The Balaban J connectivity index is 1.29. The number of methoxy groups -OCH3 is 1. The van der Waals surface area contributed by atoms with Crippen LogP contribution >= 0.6 is 0 Å². The molecule has 0 amide bonds. The van der Waals surface area contributed by atoms with E-state index in [0.29, 0.717) is 50.5 Å². The summed E-state index contributed by atoms with van der Waals surface area (Å²) < 4.78 is 34.5. The Kier molecular flexibility index (Phi) is 7.45. The summed E-state index contributed by atoms with van der Waals surface area (Å²) in [6, 6.07) is 6.51. The Morgan fingerprint density at radius 2 is 1.73 bits per heavy atom. The fourth-order valence-electron chi connectivity index (χ4n) is 4.89. The predicted molar refractivity (Wildman–Crippen MR) is 123 cm³/mol. The highest BCUT2D eigenvalue weighted by molar-refractivity contribution is 5.78. The molecule has 0 atom stereocenters. The van der Waals surface area contributed by atoms with Crippen LogP contribution in [0, 0.1) is 12.8 Å². The van der Waals surface area contributed by atoms with Gasteiger partial charge in [-0.05, 0) is 68.6 Å². The smallest absolute Gasteiger partial charge is 0.248 e. The van der Waals surface area contributed by atoms with Gasteiger partial charge in [0.1, 0.15) is 23.2 Å². The number of aromatic nitrogens is 3. The maximum Gasteiger partial charge on any atom is 0.248 e. The summed E-state index contributed by atoms with van der Waals surface area (Å²) >= 11 is 0. The second-order valence-corrected chi connectivity index (χ2v) is 9.83. The van der Waals surface area contributed by atoms with Crippen molar-refractivity contribution in [2.45, 2.75) is 95.9 Å². The van der Waals surface area contributed by atoms with Crippen LogP contribution in [0.3, 0.4) is 0 Å². The molecule has 2 aliphatic carbocycles. The molecule has 5 nitrogen and oxygen atoms in total. The standard InChI is InChI=1S/C26H35F2N3O2/c1-18-3-5-20(23(17-18)33-2)6-9-22(32)10-12-25-30-29-24(31(25)21-7-8-21)11-4-19-13-15-26(27,28)16-14-19/h3,5,17,19,21H,4,6-16H2,1-2H3. The van der Waals surface area contributed by atoms with Gasteiger partial charge in [0.25, 0.3) is 0 Å². The van der Waals surface area contributed by atoms with Crippen molar-refractivity contribution in [1.82, 2.24) is 14.8 Å². The molecule has 0 bridgehead atoms. The zero-order chi connectivity index (χ0) is 23.4. The number of carbonyl (C=O) groups excluding carboxylic acids is 1. The molecule has 33 heavy (non-hydrogen) atoms. The molecule has 2 saturated carbocycles. The quantitative estimate of drug-likeness (QED) is 0.425. The summed E-state index contributed by atoms with van der Waals surface area (Å²) in [4.78, 5) is 12.6. The molecule has 0 unspecified atom stereocenters. The van der Waals surface area contributed by atoms with Gasteiger partial charge >= 0.3 is 0 Å². The van der Waals surface area contributed by atoms with Crippen LogP contribution in [-0.4, -0.2) is 33.6 Å². The summed E-state index contributed by atoms with van der Waals surface area (Å²) in [5.41, 5.74) is 2.19. The van der Waals surface area contributed by atoms with Crippen LogP contribution < -0.4 is 4.74 Å². The summed E-state index contributed by atoms with van der Waals surface area (Å²) in [5.74, 6) is 0.771. The molecule has 0 aliphatic heterocycles. The normalized spacial score (nSPS) is 18.4. The predicted octanol–water partition coefficient (Wildman–Crippen LogP) is 5.82. The first-order valence-electron chi connectivity index (χ1n) is 12.3. The van der Waals surface area contributed by atoms with Crippen molar-refractivity contribution in [3.63, 3.8) is 0 Å².